The number of anilines is 2. The van der Waals surface area contributed by atoms with E-state index in [0.29, 0.717) is 24.1 Å². The first-order valence-corrected chi connectivity index (χ1v) is 11.0. The van der Waals surface area contributed by atoms with Gasteiger partial charge in [-0.1, -0.05) is 20.8 Å². The number of carbonyl (C=O) groups is 1. The molecule has 0 spiro atoms. The zero-order chi connectivity index (χ0) is 22.2. The van der Waals surface area contributed by atoms with Crippen LogP contribution < -0.4 is 10.1 Å². The number of nitrogens with one attached hydrogen (secondary N) is 1. The molecule has 1 fully saturated rings. The summed E-state index contributed by atoms with van der Waals surface area (Å²) in [5.41, 5.74) is 3.08. The minimum atomic E-state index is -0.940. The summed E-state index contributed by atoms with van der Waals surface area (Å²) >= 11 is 0. The van der Waals surface area contributed by atoms with E-state index in [9.17, 15) is 9.90 Å². The molecule has 164 valence electrons. The van der Waals surface area contributed by atoms with Crippen LogP contribution in [0.2, 0.25) is 0 Å². The predicted molar refractivity (Wildman–Crippen MR) is 123 cm³/mol. The molecular weight excluding hydrogens is 390 g/mol. The average Bonchev–Trinajstić information content (AvgIpc) is 3.05. The molecule has 0 radical (unpaired) electrons. The Morgan fingerprint density at radius 1 is 1.23 bits per heavy atom. The third-order valence-corrected chi connectivity index (χ3v) is 6.09. The predicted octanol–water partition coefficient (Wildman–Crippen LogP) is 6.26. The van der Waals surface area contributed by atoms with Crippen molar-refractivity contribution in [2.75, 3.05) is 11.9 Å². The van der Waals surface area contributed by atoms with Crippen LogP contribution in [0.4, 0.5) is 11.6 Å². The molecule has 2 N–H and O–H groups in total. The zero-order valence-corrected chi connectivity index (χ0v) is 18.7. The number of benzene rings is 2. The maximum atomic E-state index is 11.5. The van der Waals surface area contributed by atoms with E-state index in [1.807, 2.05) is 37.3 Å². The van der Waals surface area contributed by atoms with Gasteiger partial charge in [-0.25, -0.2) is 9.78 Å². The van der Waals surface area contributed by atoms with Crippen molar-refractivity contribution in [3.05, 3.63) is 48.0 Å². The van der Waals surface area contributed by atoms with E-state index in [1.165, 1.54) is 6.42 Å². The Hall–Kier alpha value is -3.02. The van der Waals surface area contributed by atoms with Crippen LogP contribution >= 0.6 is 0 Å². The normalized spacial score (nSPS) is 20.5. The summed E-state index contributed by atoms with van der Waals surface area (Å²) in [6.07, 6.45) is 3.34. The van der Waals surface area contributed by atoms with Crippen molar-refractivity contribution in [3.8, 4) is 5.75 Å². The standard InChI is InChI=1S/C25H31N3O3/c1-5-31-20-9-7-18(8-10-20)26-24-27-21-13-17(23(29)30)6-11-22(21)28(24)19-12-16(2)14-25(3,4)15-19/h6-11,13,16,19H,5,12,14-15H2,1-4H3,(H,26,27)(H,29,30)/t16-,19+/m0/s1. The molecule has 1 aliphatic rings. The van der Waals surface area contributed by atoms with Crippen molar-refractivity contribution in [2.45, 2.75) is 53.0 Å². The van der Waals surface area contributed by atoms with Gasteiger partial charge < -0.3 is 19.7 Å². The van der Waals surface area contributed by atoms with Gasteiger partial charge in [0, 0.05) is 11.7 Å². The van der Waals surface area contributed by atoms with Crippen LogP contribution in [0, 0.1) is 11.3 Å². The topological polar surface area (TPSA) is 76.4 Å². The van der Waals surface area contributed by atoms with Crippen molar-refractivity contribution in [3.63, 3.8) is 0 Å². The van der Waals surface area contributed by atoms with Crippen LogP contribution in [0.25, 0.3) is 11.0 Å². The highest BCUT2D eigenvalue weighted by Crippen LogP contribution is 2.46. The van der Waals surface area contributed by atoms with Gasteiger partial charge in [-0.2, -0.15) is 0 Å². The number of fused-ring (bicyclic) bond motifs is 1. The number of nitrogens with zero attached hydrogens (tertiary/aromatic N) is 2. The highest BCUT2D eigenvalue weighted by Gasteiger charge is 2.34. The Morgan fingerprint density at radius 3 is 2.61 bits per heavy atom. The summed E-state index contributed by atoms with van der Waals surface area (Å²) in [6, 6.07) is 13.3. The number of aromatic nitrogens is 2. The van der Waals surface area contributed by atoms with Gasteiger partial charge in [0.25, 0.3) is 0 Å². The minimum Gasteiger partial charge on any atom is -0.494 e. The lowest BCUT2D eigenvalue weighted by Gasteiger charge is -2.40. The second kappa shape index (κ2) is 8.25. The van der Waals surface area contributed by atoms with Gasteiger partial charge in [-0.05, 0) is 80.0 Å². The minimum absolute atomic E-state index is 0.246. The number of carboxylic acid groups (broad SMARTS) is 1. The number of aromatic carboxylic acids is 1. The Bertz CT molecular complexity index is 1090. The number of hydrogen-bond donors (Lipinski definition) is 2. The fourth-order valence-electron chi connectivity index (χ4n) is 5.11. The van der Waals surface area contributed by atoms with Gasteiger partial charge >= 0.3 is 5.97 Å². The number of hydrogen-bond acceptors (Lipinski definition) is 4. The van der Waals surface area contributed by atoms with E-state index in [-0.39, 0.29) is 11.0 Å². The lowest BCUT2D eigenvalue weighted by molar-refractivity contribution is 0.0697. The summed E-state index contributed by atoms with van der Waals surface area (Å²) in [5, 5.41) is 12.9. The summed E-state index contributed by atoms with van der Waals surface area (Å²) < 4.78 is 7.82. The fourth-order valence-corrected chi connectivity index (χ4v) is 5.11. The van der Waals surface area contributed by atoms with Crippen molar-refractivity contribution in [2.24, 2.45) is 11.3 Å². The number of imidazole rings is 1. The molecule has 1 aliphatic carbocycles. The molecule has 0 unspecified atom stereocenters. The number of carboxylic acids is 1. The van der Waals surface area contributed by atoms with Crippen LogP contribution in [-0.2, 0) is 0 Å². The van der Waals surface area contributed by atoms with Crippen LogP contribution in [0.1, 0.15) is 63.4 Å². The molecule has 6 nitrogen and oxygen atoms in total. The molecular formula is C25H31N3O3. The smallest absolute Gasteiger partial charge is 0.335 e. The van der Waals surface area contributed by atoms with Crippen molar-refractivity contribution in [1.29, 1.82) is 0 Å². The second-order valence-electron chi connectivity index (χ2n) is 9.46. The average molecular weight is 422 g/mol. The highest BCUT2D eigenvalue weighted by molar-refractivity contribution is 5.93. The monoisotopic (exact) mass is 421 g/mol. The molecule has 0 saturated heterocycles. The third-order valence-electron chi connectivity index (χ3n) is 6.09. The van der Waals surface area contributed by atoms with E-state index in [1.54, 1.807) is 12.1 Å². The first-order chi connectivity index (χ1) is 14.8. The Kier molecular flexibility index (Phi) is 5.65. The summed E-state index contributed by atoms with van der Waals surface area (Å²) in [6.45, 7) is 9.57. The van der Waals surface area contributed by atoms with Gasteiger partial charge in [0.05, 0.1) is 23.2 Å². The van der Waals surface area contributed by atoms with E-state index in [2.05, 4.69) is 30.7 Å². The Morgan fingerprint density at radius 2 is 1.97 bits per heavy atom. The zero-order valence-electron chi connectivity index (χ0n) is 18.7. The molecule has 1 heterocycles. The van der Waals surface area contributed by atoms with E-state index in [0.717, 1.165) is 35.7 Å². The molecule has 6 heteroatoms. The molecule has 0 amide bonds. The van der Waals surface area contributed by atoms with Crippen LogP contribution in [0.3, 0.4) is 0 Å². The summed E-state index contributed by atoms with van der Waals surface area (Å²) in [7, 11) is 0. The van der Waals surface area contributed by atoms with E-state index in [4.69, 9.17) is 9.72 Å². The van der Waals surface area contributed by atoms with Gasteiger partial charge in [0.2, 0.25) is 5.95 Å². The molecule has 0 bridgehead atoms. The number of rotatable bonds is 6. The van der Waals surface area contributed by atoms with Crippen molar-refractivity contribution in [1.82, 2.24) is 9.55 Å². The quantitative estimate of drug-likeness (QED) is 0.491. The van der Waals surface area contributed by atoms with Crippen molar-refractivity contribution < 1.29 is 14.6 Å². The SMILES string of the molecule is CCOc1ccc(Nc2nc3cc(C(=O)O)ccc3n2[C@@H]2C[C@H](C)CC(C)(C)C2)cc1. The lowest BCUT2D eigenvalue weighted by Crippen LogP contribution is -2.29. The van der Waals surface area contributed by atoms with Gasteiger partial charge in [-0.3, -0.25) is 0 Å². The van der Waals surface area contributed by atoms with E-state index >= 15 is 0 Å². The van der Waals surface area contributed by atoms with Gasteiger partial charge in [0.1, 0.15) is 5.75 Å². The number of ether oxygens (including phenoxy) is 1. The molecule has 2 aromatic carbocycles. The molecule has 1 aromatic heterocycles. The third kappa shape index (κ3) is 4.53. The molecule has 0 aliphatic heterocycles. The van der Waals surface area contributed by atoms with E-state index < -0.39 is 5.97 Å². The molecule has 1 saturated carbocycles. The maximum Gasteiger partial charge on any atom is 0.335 e. The van der Waals surface area contributed by atoms with Crippen LogP contribution in [0.15, 0.2) is 42.5 Å². The first kappa shape index (κ1) is 21.2. The van der Waals surface area contributed by atoms with Crippen LogP contribution in [0.5, 0.6) is 5.75 Å². The van der Waals surface area contributed by atoms with Gasteiger partial charge in [-0.15, -0.1) is 0 Å². The molecule has 2 atom stereocenters. The molecule has 4 rings (SSSR count). The largest absolute Gasteiger partial charge is 0.494 e. The first-order valence-electron chi connectivity index (χ1n) is 11.0. The van der Waals surface area contributed by atoms with Gasteiger partial charge in [0.15, 0.2) is 0 Å². The van der Waals surface area contributed by atoms with Crippen LogP contribution in [-0.4, -0.2) is 27.2 Å². The highest BCUT2D eigenvalue weighted by atomic mass is 16.5. The second-order valence-corrected chi connectivity index (χ2v) is 9.46. The Balaban J connectivity index is 1.77. The fraction of sp³-hybridized carbons (Fsp3) is 0.440. The summed E-state index contributed by atoms with van der Waals surface area (Å²) in [5.74, 6) is 1.25. The van der Waals surface area contributed by atoms with Crippen molar-refractivity contribution >= 4 is 28.6 Å². The Labute approximate surface area is 183 Å². The lowest BCUT2D eigenvalue weighted by atomic mass is 9.70. The molecule has 3 aromatic rings. The maximum absolute atomic E-state index is 11.5. The molecule has 31 heavy (non-hydrogen) atoms. The summed E-state index contributed by atoms with van der Waals surface area (Å²) in [4.78, 5) is 16.3.